The van der Waals surface area contributed by atoms with Crippen LogP contribution in [0, 0.1) is 5.92 Å². The Morgan fingerprint density at radius 2 is 2.19 bits per heavy atom. The maximum Gasteiger partial charge on any atom is 0.433 e. The molecule has 0 saturated carbocycles. The molecule has 0 spiro atoms. The predicted molar refractivity (Wildman–Crippen MR) is 126 cm³/mol. The van der Waals surface area contributed by atoms with Crippen LogP contribution in [0.15, 0.2) is 29.3 Å². The Kier molecular flexibility index (Phi) is 6.20. The minimum atomic E-state index is -0.545. The Morgan fingerprint density at radius 1 is 1.34 bits per heavy atom. The fourth-order valence-electron chi connectivity index (χ4n) is 3.94. The largest absolute Gasteiger partial charge is 0.445 e. The number of H-pyrrole nitrogens is 1. The van der Waals surface area contributed by atoms with E-state index in [0.717, 1.165) is 53.9 Å². The Morgan fingerprint density at radius 3 is 3.00 bits per heavy atom. The van der Waals surface area contributed by atoms with Gasteiger partial charge in [-0.25, -0.2) is 9.78 Å². The lowest BCUT2D eigenvalue weighted by Crippen LogP contribution is -2.36. The van der Waals surface area contributed by atoms with Crippen molar-refractivity contribution in [1.82, 2.24) is 20.2 Å². The third-order valence-electron chi connectivity index (χ3n) is 5.43. The SMILES string of the molecule is CC(C)OC(=O)N=CCC1CCCN(c2cc(-c3ccc4c(N)n[nH]c4c3)nc(N)n2)C1. The number of carbonyl (C=O) groups excluding carboxylic acids is 1. The molecule has 1 unspecified atom stereocenters. The summed E-state index contributed by atoms with van der Waals surface area (Å²) in [6.45, 7) is 5.29. The van der Waals surface area contributed by atoms with Crippen LogP contribution in [-0.4, -0.2) is 51.7 Å². The summed E-state index contributed by atoms with van der Waals surface area (Å²) in [6, 6.07) is 7.77. The van der Waals surface area contributed by atoms with Gasteiger partial charge in [-0.3, -0.25) is 5.10 Å². The molecule has 4 rings (SSSR count). The maximum atomic E-state index is 11.6. The third-order valence-corrected chi connectivity index (χ3v) is 5.43. The number of aromatic amines is 1. The van der Waals surface area contributed by atoms with Gasteiger partial charge < -0.3 is 21.1 Å². The minimum Gasteiger partial charge on any atom is -0.445 e. The zero-order chi connectivity index (χ0) is 22.7. The summed E-state index contributed by atoms with van der Waals surface area (Å²) in [5, 5.41) is 7.84. The molecule has 1 aromatic carbocycles. The number of aromatic nitrogens is 4. The molecule has 10 nitrogen and oxygen atoms in total. The van der Waals surface area contributed by atoms with E-state index < -0.39 is 6.09 Å². The predicted octanol–water partition coefficient (Wildman–Crippen LogP) is 3.41. The number of hydrogen-bond donors (Lipinski definition) is 3. The van der Waals surface area contributed by atoms with Crippen molar-refractivity contribution in [2.75, 3.05) is 29.5 Å². The highest BCUT2D eigenvalue weighted by molar-refractivity contribution is 5.91. The van der Waals surface area contributed by atoms with Gasteiger partial charge in [0.2, 0.25) is 5.95 Å². The van der Waals surface area contributed by atoms with Gasteiger partial charge in [-0.1, -0.05) is 6.07 Å². The van der Waals surface area contributed by atoms with Crippen LogP contribution in [0.1, 0.15) is 33.1 Å². The first-order chi connectivity index (χ1) is 15.4. The molecule has 1 atom stereocenters. The van der Waals surface area contributed by atoms with Gasteiger partial charge in [0.15, 0.2) is 5.82 Å². The molecule has 0 aliphatic carbocycles. The van der Waals surface area contributed by atoms with Gasteiger partial charge in [0.05, 0.1) is 17.3 Å². The van der Waals surface area contributed by atoms with Crippen molar-refractivity contribution in [3.8, 4) is 11.3 Å². The summed E-state index contributed by atoms with van der Waals surface area (Å²) in [5.74, 6) is 1.84. The van der Waals surface area contributed by atoms with E-state index in [4.69, 9.17) is 16.2 Å². The molecule has 10 heteroatoms. The second-order valence-electron chi connectivity index (χ2n) is 8.27. The molecular weight excluding hydrogens is 408 g/mol. The smallest absolute Gasteiger partial charge is 0.433 e. The number of hydrogen-bond acceptors (Lipinski definition) is 8. The molecule has 3 aromatic rings. The first-order valence-corrected chi connectivity index (χ1v) is 10.8. The van der Waals surface area contributed by atoms with E-state index in [1.165, 1.54) is 0 Å². The van der Waals surface area contributed by atoms with Crippen molar-refractivity contribution < 1.29 is 9.53 Å². The van der Waals surface area contributed by atoms with Crippen LogP contribution < -0.4 is 16.4 Å². The number of nitrogens with two attached hydrogens (primary N) is 2. The van der Waals surface area contributed by atoms with Crippen LogP contribution in [0.25, 0.3) is 22.2 Å². The van der Waals surface area contributed by atoms with Gasteiger partial charge in [-0.15, -0.1) is 0 Å². The van der Waals surface area contributed by atoms with Gasteiger partial charge in [0.25, 0.3) is 0 Å². The lowest BCUT2D eigenvalue weighted by atomic mass is 9.95. The summed E-state index contributed by atoms with van der Waals surface area (Å²) in [7, 11) is 0. The molecule has 0 bridgehead atoms. The number of anilines is 3. The van der Waals surface area contributed by atoms with Crippen molar-refractivity contribution in [2.24, 2.45) is 10.9 Å². The summed E-state index contributed by atoms with van der Waals surface area (Å²) in [4.78, 5) is 26.6. The molecule has 3 heterocycles. The molecule has 2 aromatic heterocycles. The standard InChI is InChI=1S/C22H28N8O2/c1-13(2)32-22(31)25-8-7-14-4-3-9-30(12-14)19-11-17(26-21(24)27-19)15-5-6-16-18(10-15)28-29-20(16)23/h5-6,8,10-11,13-14H,3-4,7,9,12H2,1-2H3,(H3,23,28,29)(H2,24,26,27). The quantitative estimate of drug-likeness (QED) is 0.515. The number of ether oxygens (including phenoxy) is 1. The van der Waals surface area contributed by atoms with Gasteiger partial charge in [-0.05, 0) is 51.2 Å². The highest BCUT2D eigenvalue weighted by atomic mass is 16.6. The molecule has 1 amide bonds. The molecule has 1 fully saturated rings. The van der Waals surface area contributed by atoms with Crippen LogP contribution in [0.5, 0.6) is 0 Å². The number of carbonyl (C=O) groups is 1. The van der Waals surface area contributed by atoms with Gasteiger partial charge >= 0.3 is 6.09 Å². The monoisotopic (exact) mass is 436 g/mol. The summed E-state index contributed by atoms with van der Waals surface area (Å²) >= 11 is 0. The van der Waals surface area contributed by atoms with E-state index in [9.17, 15) is 4.79 Å². The van der Waals surface area contributed by atoms with Crippen molar-refractivity contribution in [2.45, 2.75) is 39.2 Å². The van der Waals surface area contributed by atoms with E-state index in [2.05, 4.69) is 30.1 Å². The van der Waals surface area contributed by atoms with Crippen molar-refractivity contribution in [1.29, 1.82) is 0 Å². The molecule has 32 heavy (non-hydrogen) atoms. The number of benzene rings is 1. The Bertz CT molecular complexity index is 1140. The van der Waals surface area contributed by atoms with Crippen molar-refractivity contribution in [3.05, 3.63) is 24.3 Å². The van der Waals surface area contributed by atoms with E-state index in [-0.39, 0.29) is 12.1 Å². The zero-order valence-corrected chi connectivity index (χ0v) is 18.3. The average molecular weight is 437 g/mol. The minimum absolute atomic E-state index is 0.173. The molecule has 1 saturated heterocycles. The lowest BCUT2D eigenvalue weighted by molar-refractivity contribution is 0.126. The molecule has 1 aliphatic rings. The molecule has 0 radical (unpaired) electrons. The van der Waals surface area contributed by atoms with E-state index in [0.29, 0.717) is 18.2 Å². The molecule has 168 valence electrons. The number of nitrogen functional groups attached to an aromatic ring is 2. The number of piperidine rings is 1. The second-order valence-corrected chi connectivity index (χ2v) is 8.27. The lowest BCUT2D eigenvalue weighted by Gasteiger charge is -2.33. The number of nitrogens with one attached hydrogen (secondary N) is 1. The molecule has 1 aliphatic heterocycles. The maximum absolute atomic E-state index is 11.6. The first kappa shape index (κ1) is 21.5. The van der Waals surface area contributed by atoms with Gasteiger partial charge in [0.1, 0.15) is 5.82 Å². The van der Waals surface area contributed by atoms with Crippen LogP contribution in [0.4, 0.5) is 22.4 Å². The van der Waals surface area contributed by atoms with Crippen molar-refractivity contribution in [3.63, 3.8) is 0 Å². The summed E-state index contributed by atoms with van der Waals surface area (Å²) in [6.07, 6.45) is 3.73. The van der Waals surface area contributed by atoms with Gasteiger partial charge in [-0.2, -0.15) is 15.1 Å². The number of nitrogens with zero attached hydrogens (tertiary/aromatic N) is 5. The number of fused-ring (bicyclic) bond motifs is 1. The fraction of sp³-hybridized carbons (Fsp3) is 0.409. The number of rotatable bonds is 5. The van der Waals surface area contributed by atoms with Gasteiger partial charge in [0, 0.05) is 36.3 Å². The summed E-state index contributed by atoms with van der Waals surface area (Å²) < 4.78 is 5.04. The normalized spacial score (nSPS) is 16.8. The Labute approximate surface area is 186 Å². The van der Waals surface area contributed by atoms with Crippen LogP contribution in [0.3, 0.4) is 0 Å². The third kappa shape index (κ3) is 4.96. The van der Waals surface area contributed by atoms with Crippen LogP contribution in [-0.2, 0) is 4.74 Å². The van der Waals surface area contributed by atoms with Crippen LogP contribution >= 0.6 is 0 Å². The molecular formula is C22H28N8O2. The second kappa shape index (κ2) is 9.21. The highest BCUT2D eigenvalue weighted by Crippen LogP contribution is 2.29. The Balaban J connectivity index is 1.48. The van der Waals surface area contributed by atoms with E-state index >= 15 is 0 Å². The average Bonchev–Trinajstić information content (AvgIpc) is 3.13. The number of aliphatic imine (C=N–C) groups is 1. The fourth-order valence-corrected chi connectivity index (χ4v) is 3.94. The van der Waals surface area contributed by atoms with E-state index in [1.807, 2.05) is 24.3 Å². The van der Waals surface area contributed by atoms with Crippen LogP contribution in [0.2, 0.25) is 0 Å². The first-order valence-electron chi connectivity index (χ1n) is 10.8. The molecule has 5 N–H and O–H groups in total. The number of amides is 1. The summed E-state index contributed by atoms with van der Waals surface area (Å²) in [5.41, 5.74) is 14.4. The zero-order valence-electron chi connectivity index (χ0n) is 18.3. The van der Waals surface area contributed by atoms with Crippen molar-refractivity contribution >= 4 is 40.8 Å². The topological polar surface area (TPSA) is 148 Å². The Hall–Kier alpha value is -3.69. The highest BCUT2D eigenvalue weighted by Gasteiger charge is 2.22. The van der Waals surface area contributed by atoms with E-state index in [1.54, 1.807) is 20.1 Å².